The Morgan fingerprint density at radius 3 is 2.42 bits per heavy atom. The molecule has 6 nitrogen and oxygen atoms in total. The van der Waals surface area contributed by atoms with Crippen molar-refractivity contribution < 1.29 is 9.53 Å². The minimum atomic E-state index is 0.0934. The fraction of sp³-hybridized carbons (Fsp3) is 0.481. The van der Waals surface area contributed by atoms with E-state index in [9.17, 15) is 4.79 Å². The van der Waals surface area contributed by atoms with Gasteiger partial charge in [-0.3, -0.25) is 4.79 Å². The zero-order valence-electron chi connectivity index (χ0n) is 20.5. The molecule has 2 atom stereocenters. The largest absolute Gasteiger partial charge is 0.457 e. The highest BCUT2D eigenvalue weighted by Crippen LogP contribution is 2.32. The Morgan fingerprint density at radius 1 is 1.03 bits per heavy atom. The number of carbonyl (C=O) groups is 1. The molecular weight excluding hydrogens is 412 g/mol. The summed E-state index contributed by atoms with van der Waals surface area (Å²) in [5.74, 6) is 2.23. The van der Waals surface area contributed by atoms with Gasteiger partial charge in [0.05, 0.1) is 11.0 Å². The third-order valence-corrected chi connectivity index (χ3v) is 6.39. The maximum absolute atomic E-state index is 13.1. The van der Waals surface area contributed by atoms with Crippen LogP contribution in [-0.2, 0) is 4.79 Å². The molecule has 2 unspecified atom stereocenters. The van der Waals surface area contributed by atoms with Crippen molar-refractivity contribution in [2.45, 2.75) is 78.3 Å². The van der Waals surface area contributed by atoms with Crippen LogP contribution in [0.4, 0.5) is 5.95 Å². The summed E-state index contributed by atoms with van der Waals surface area (Å²) >= 11 is 0. The molecule has 1 aromatic heterocycles. The van der Waals surface area contributed by atoms with Crippen LogP contribution in [0.15, 0.2) is 48.5 Å². The van der Waals surface area contributed by atoms with Gasteiger partial charge in [0.2, 0.25) is 11.9 Å². The lowest BCUT2D eigenvalue weighted by Crippen LogP contribution is -2.40. The number of amides is 1. The summed E-state index contributed by atoms with van der Waals surface area (Å²) in [5, 5.41) is 0. The summed E-state index contributed by atoms with van der Waals surface area (Å²) in [4.78, 5) is 19.7. The highest BCUT2D eigenvalue weighted by molar-refractivity contribution is 5.80. The standard InChI is InChI=1S/C27H38N4O2/c1-5-12-20(6-2)30(8-4)26(32)18-15-21(7-3)31-25-19-23(16-17-24(25)29-27(31)28)33-22-13-10-9-11-14-22/h9-11,13-14,16-17,19-21H,5-8,12,15,18H2,1-4H3,(H2,28,29). The van der Waals surface area contributed by atoms with Crippen LogP contribution >= 0.6 is 0 Å². The number of nitrogen functional groups attached to an aromatic ring is 1. The van der Waals surface area contributed by atoms with Crippen LogP contribution in [0.1, 0.15) is 72.3 Å². The van der Waals surface area contributed by atoms with E-state index in [4.69, 9.17) is 10.5 Å². The first-order valence-corrected chi connectivity index (χ1v) is 12.3. The van der Waals surface area contributed by atoms with Crippen molar-refractivity contribution in [3.05, 3.63) is 48.5 Å². The zero-order valence-corrected chi connectivity index (χ0v) is 20.5. The van der Waals surface area contributed by atoms with E-state index in [1.165, 1.54) is 0 Å². The maximum atomic E-state index is 13.1. The number of anilines is 1. The number of carbonyl (C=O) groups excluding carboxylic acids is 1. The number of imidazole rings is 1. The minimum absolute atomic E-state index is 0.0934. The van der Waals surface area contributed by atoms with Gasteiger partial charge in [-0.15, -0.1) is 0 Å². The second-order valence-electron chi connectivity index (χ2n) is 8.54. The number of rotatable bonds is 12. The van der Waals surface area contributed by atoms with Gasteiger partial charge in [-0.2, -0.15) is 0 Å². The summed E-state index contributed by atoms with van der Waals surface area (Å²) < 4.78 is 8.10. The maximum Gasteiger partial charge on any atom is 0.222 e. The summed E-state index contributed by atoms with van der Waals surface area (Å²) in [6, 6.07) is 16.0. The van der Waals surface area contributed by atoms with Gasteiger partial charge in [-0.05, 0) is 56.9 Å². The quantitative estimate of drug-likeness (QED) is 0.339. The molecule has 6 heteroatoms. The van der Waals surface area contributed by atoms with Gasteiger partial charge in [0.25, 0.3) is 0 Å². The third kappa shape index (κ3) is 5.86. The Morgan fingerprint density at radius 2 is 1.79 bits per heavy atom. The van der Waals surface area contributed by atoms with Crippen LogP contribution in [0.2, 0.25) is 0 Å². The van der Waals surface area contributed by atoms with E-state index in [1.54, 1.807) is 0 Å². The summed E-state index contributed by atoms with van der Waals surface area (Å²) in [6.45, 7) is 9.30. The molecular formula is C27H38N4O2. The molecule has 0 aliphatic carbocycles. The third-order valence-electron chi connectivity index (χ3n) is 6.39. The molecule has 1 amide bonds. The number of nitrogens with two attached hydrogens (primary N) is 1. The first kappa shape index (κ1) is 24.6. The average Bonchev–Trinajstić information content (AvgIpc) is 3.15. The molecule has 0 bridgehead atoms. The molecule has 1 heterocycles. The van der Waals surface area contributed by atoms with E-state index >= 15 is 0 Å². The SMILES string of the molecule is CCCC(CC)N(CC)C(=O)CCC(CC)n1c(N)nc2ccc(Oc3ccccc3)cc21. The summed E-state index contributed by atoms with van der Waals surface area (Å²) in [7, 11) is 0. The molecule has 33 heavy (non-hydrogen) atoms. The zero-order chi connectivity index (χ0) is 23.8. The number of hydrogen-bond donors (Lipinski definition) is 1. The molecule has 0 spiro atoms. The van der Waals surface area contributed by atoms with Crippen molar-refractivity contribution in [1.82, 2.24) is 14.5 Å². The van der Waals surface area contributed by atoms with E-state index in [1.807, 2.05) is 48.5 Å². The Labute approximate surface area is 197 Å². The van der Waals surface area contributed by atoms with Crippen molar-refractivity contribution in [2.24, 2.45) is 0 Å². The predicted molar refractivity (Wildman–Crippen MR) is 136 cm³/mol. The van der Waals surface area contributed by atoms with E-state index < -0.39 is 0 Å². The summed E-state index contributed by atoms with van der Waals surface area (Å²) in [5.41, 5.74) is 8.12. The fourth-order valence-electron chi connectivity index (χ4n) is 4.66. The Kier molecular flexibility index (Phi) is 8.75. The number of benzene rings is 2. The van der Waals surface area contributed by atoms with Crippen LogP contribution < -0.4 is 10.5 Å². The molecule has 3 aromatic rings. The molecule has 0 fully saturated rings. The van der Waals surface area contributed by atoms with Gasteiger partial charge in [-0.1, -0.05) is 45.4 Å². The summed E-state index contributed by atoms with van der Waals surface area (Å²) in [6.07, 6.45) is 5.24. The van der Waals surface area contributed by atoms with Gasteiger partial charge in [0.1, 0.15) is 11.5 Å². The molecule has 178 valence electrons. The van der Waals surface area contributed by atoms with E-state index in [0.717, 1.165) is 61.2 Å². The lowest BCUT2D eigenvalue weighted by molar-refractivity contribution is -0.133. The van der Waals surface area contributed by atoms with Gasteiger partial charge < -0.3 is 19.9 Å². The molecule has 2 aromatic carbocycles. The van der Waals surface area contributed by atoms with Crippen LogP contribution in [0.5, 0.6) is 11.5 Å². The number of nitrogens with zero attached hydrogens (tertiary/aromatic N) is 3. The smallest absolute Gasteiger partial charge is 0.222 e. The number of ether oxygens (including phenoxy) is 1. The van der Waals surface area contributed by atoms with Gasteiger partial charge in [0, 0.05) is 31.1 Å². The molecule has 0 aliphatic rings. The number of hydrogen-bond acceptors (Lipinski definition) is 4. The Hall–Kier alpha value is -3.02. The molecule has 0 radical (unpaired) electrons. The molecule has 0 saturated carbocycles. The van der Waals surface area contributed by atoms with Crippen molar-refractivity contribution in [3.63, 3.8) is 0 Å². The molecule has 0 aliphatic heterocycles. The Balaban J connectivity index is 1.80. The van der Waals surface area contributed by atoms with Gasteiger partial charge in [-0.25, -0.2) is 4.98 Å². The molecule has 2 N–H and O–H groups in total. The van der Waals surface area contributed by atoms with Crippen molar-refractivity contribution in [2.75, 3.05) is 12.3 Å². The normalized spacial score (nSPS) is 13.1. The minimum Gasteiger partial charge on any atom is -0.457 e. The van der Waals surface area contributed by atoms with Crippen LogP contribution in [0.3, 0.4) is 0 Å². The number of aromatic nitrogens is 2. The lowest BCUT2D eigenvalue weighted by Gasteiger charge is -2.31. The first-order chi connectivity index (χ1) is 16.0. The highest BCUT2D eigenvalue weighted by Gasteiger charge is 2.23. The average molecular weight is 451 g/mol. The topological polar surface area (TPSA) is 73.4 Å². The van der Waals surface area contributed by atoms with E-state index in [-0.39, 0.29) is 11.9 Å². The second kappa shape index (κ2) is 11.7. The number of fused-ring (bicyclic) bond motifs is 1. The van der Waals surface area contributed by atoms with Crippen molar-refractivity contribution >= 4 is 22.9 Å². The van der Waals surface area contributed by atoms with Gasteiger partial charge >= 0.3 is 0 Å². The van der Waals surface area contributed by atoms with Crippen LogP contribution in [0.25, 0.3) is 11.0 Å². The van der Waals surface area contributed by atoms with Crippen LogP contribution in [-0.4, -0.2) is 32.9 Å². The lowest BCUT2D eigenvalue weighted by atomic mass is 10.0. The van der Waals surface area contributed by atoms with Gasteiger partial charge in [0.15, 0.2) is 0 Å². The second-order valence-corrected chi connectivity index (χ2v) is 8.54. The van der Waals surface area contributed by atoms with E-state index in [0.29, 0.717) is 18.4 Å². The van der Waals surface area contributed by atoms with Crippen molar-refractivity contribution in [3.8, 4) is 11.5 Å². The van der Waals surface area contributed by atoms with Crippen molar-refractivity contribution in [1.29, 1.82) is 0 Å². The fourth-order valence-corrected chi connectivity index (χ4v) is 4.66. The first-order valence-electron chi connectivity index (χ1n) is 12.3. The monoisotopic (exact) mass is 450 g/mol. The van der Waals surface area contributed by atoms with Crippen LogP contribution in [0, 0.1) is 0 Å². The molecule has 0 saturated heterocycles. The number of para-hydroxylation sites is 1. The Bertz CT molecular complexity index is 1030. The predicted octanol–water partition coefficient (Wildman–Crippen LogP) is 6.57. The van der Waals surface area contributed by atoms with E-state index in [2.05, 4.69) is 42.1 Å². The molecule has 3 rings (SSSR count). The highest BCUT2D eigenvalue weighted by atomic mass is 16.5.